The second-order valence-electron chi connectivity index (χ2n) is 4.54. The van der Waals surface area contributed by atoms with Gasteiger partial charge < -0.3 is 16.0 Å². The average Bonchev–Trinajstić information content (AvgIpc) is 2.26. The Morgan fingerprint density at radius 3 is 2.58 bits per heavy atom. The van der Waals surface area contributed by atoms with Gasteiger partial charge in [0.2, 0.25) is 5.91 Å². The third kappa shape index (κ3) is 2.65. The summed E-state index contributed by atoms with van der Waals surface area (Å²) in [6.07, 6.45) is -4.50. The Hall–Kier alpha value is -1.76. The minimum atomic E-state index is -4.50. The number of hydrogen-bond donors (Lipinski definition) is 2. The lowest BCUT2D eigenvalue weighted by atomic mass is 10.0. The van der Waals surface area contributed by atoms with Crippen LogP contribution in [0.15, 0.2) is 24.3 Å². The fourth-order valence-corrected chi connectivity index (χ4v) is 2.27. The number of nitrogens with one attached hydrogen (secondary N) is 1. The first-order valence-electron chi connectivity index (χ1n) is 5.78. The molecule has 1 heterocycles. The zero-order chi connectivity index (χ0) is 14.2. The Bertz CT molecular complexity index is 487. The van der Waals surface area contributed by atoms with Gasteiger partial charge in [0, 0.05) is 6.04 Å². The predicted molar refractivity (Wildman–Crippen MR) is 65.9 cm³/mol. The zero-order valence-corrected chi connectivity index (χ0v) is 10.2. The number of carbonyl (C=O) groups excluding carboxylic acids is 1. The normalized spacial score (nSPS) is 18.6. The Kier molecular flexibility index (Phi) is 3.40. The van der Waals surface area contributed by atoms with E-state index in [1.165, 1.54) is 13.0 Å². The van der Waals surface area contributed by atoms with Crippen molar-refractivity contribution in [1.82, 2.24) is 0 Å². The van der Waals surface area contributed by atoms with E-state index in [4.69, 9.17) is 5.73 Å². The van der Waals surface area contributed by atoms with Crippen molar-refractivity contribution < 1.29 is 18.0 Å². The summed E-state index contributed by atoms with van der Waals surface area (Å²) in [4.78, 5) is 12.5. The third-order valence-corrected chi connectivity index (χ3v) is 2.97. The fourth-order valence-electron chi connectivity index (χ4n) is 2.27. The molecule has 2 atom stereocenters. The second kappa shape index (κ2) is 4.73. The molecule has 0 spiro atoms. The number of nitrogens with two attached hydrogens (primary N) is 1. The highest BCUT2D eigenvalue weighted by atomic mass is 19.4. The summed E-state index contributed by atoms with van der Waals surface area (Å²) in [7, 11) is 0. The maximum atomic E-state index is 13.1. The van der Waals surface area contributed by atoms with E-state index in [1.54, 1.807) is 18.2 Å². The molecule has 0 bridgehead atoms. The van der Waals surface area contributed by atoms with Crippen molar-refractivity contribution in [3.05, 3.63) is 24.3 Å². The number of nitrogens with zero attached hydrogens (tertiary/aromatic N) is 1. The number of rotatable bonds is 2. The molecule has 0 radical (unpaired) electrons. The van der Waals surface area contributed by atoms with E-state index in [9.17, 15) is 18.0 Å². The highest BCUT2D eigenvalue weighted by molar-refractivity contribution is 6.01. The van der Waals surface area contributed by atoms with Crippen LogP contribution in [0.5, 0.6) is 0 Å². The molecule has 3 N–H and O–H groups in total. The van der Waals surface area contributed by atoms with Crippen molar-refractivity contribution >= 4 is 17.3 Å². The van der Waals surface area contributed by atoms with Crippen molar-refractivity contribution in [3.8, 4) is 0 Å². The molecule has 7 heteroatoms. The fraction of sp³-hybridized carbons (Fsp3) is 0.417. The molecule has 1 aromatic rings. The molecule has 1 aromatic carbocycles. The van der Waals surface area contributed by atoms with Crippen molar-refractivity contribution in [3.63, 3.8) is 0 Å². The largest absolute Gasteiger partial charge is 0.410 e. The zero-order valence-electron chi connectivity index (χ0n) is 10.2. The molecule has 104 valence electrons. The highest BCUT2D eigenvalue weighted by Crippen LogP contribution is 2.36. The van der Waals surface area contributed by atoms with Crippen LogP contribution in [-0.2, 0) is 4.79 Å². The first kappa shape index (κ1) is 13.7. The van der Waals surface area contributed by atoms with Crippen LogP contribution in [0.3, 0.4) is 0 Å². The molecule has 1 aliphatic rings. The van der Waals surface area contributed by atoms with Crippen LogP contribution in [0, 0.1) is 0 Å². The summed E-state index contributed by atoms with van der Waals surface area (Å²) in [5.74, 6) is -0.478. The van der Waals surface area contributed by atoms with Gasteiger partial charge in [-0.2, -0.15) is 13.2 Å². The van der Waals surface area contributed by atoms with Crippen molar-refractivity contribution in [2.75, 3.05) is 16.8 Å². The lowest BCUT2D eigenvalue weighted by molar-refractivity contribution is -0.152. The van der Waals surface area contributed by atoms with E-state index in [0.29, 0.717) is 11.4 Å². The molecule has 2 unspecified atom stereocenters. The van der Waals surface area contributed by atoms with Gasteiger partial charge in [-0.3, -0.25) is 4.79 Å². The minimum Gasteiger partial charge on any atom is -0.347 e. The lowest BCUT2D eigenvalue weighted by Crippen LogP contribution is -2.58. The monoisotopic (exact) mass is 273 g/mol. The van der Waals surface area contributed by atoms with Crippen molar-refractivity contribution in [2.45, 2.75) is 25.2 Å². The van der Waals surface area contributed by atoms with Gasteiger partial charge in [0.25, 0.3) is 0 Å². The van der Waals surface area contributed by atoms with Gasteiger partial charge in [-0.25, -0.2) is 0 Å². The molecule has 0 saturated heterocycles. The molecule has 2 rings (SSSR count). The number of alkyl halides is 3. The Labute approximate surface area is 108 Å². The Morgan fingerprint density at radius 2 is 2.00 bits per heavy atom. The summed E-state index contributed by atoms with van der Waals surface area (Å²) in [6, 6.07) is 3.34. The van der Waals surface area contributed by atoms with Crippen LogP contribution >= 0.6 is 0 Å². The molecule has 0 aromatic heterocycles. The first-order valence-corrected chi connectivity index (χ1v) is 5.78. The van der Waals surface area contributed by atoms with Crippen LogP contribution in [0.2, 0.25) is 0 Å². The minimum absolute atomic E-state index is 0.335. The molecule has 1 amide bonds. The Morgan fingerprint density at radius 1 is 1.37 bits per heavy atom. The number of para-hydroxylation sites is 2. The van der Waals surface area contributed by atoms with Crippen LogP contribution in [0.25, 0.3) is 0 Å². The van der Waals surface area contributed by atoms with E-state index < -0.39 is 24.2 Å². The average molecular weight is 273 g/mol. The molecule has 0 saturated carbocycles. The van der Waals surface area contributed by atoms with Crippen molar-refractivity contribution in [2.24, 2.45) is 5.73 Å². The number of carbonyl (C=O) groups is 1. The van der Waals surface area contributed by atoms with Crippen LogP contribution in [0.1, 0.15) is 6.92 Å². The SMILES string of the molecule is CC(N)C(N1CC(=O)Nc2ccccc21)C(F)(F)F. The van der Waals surface area contributed by atoms with Gasteiger partial charge in [-0.15, -0.1) is 0 Å². The lowest BCUT2D eigenvalue weighted by Gasteiger charge is -2.39. The van der Waals surface area contributed by atoms with Gasteiger partial charge in [0.1, 0.15) is 6.04 Å². The van der Waals surface area contributed by atoms with Gasteiger partial charge in [-0.05, 0) is 19.1 Å². The number of benzene rings is 1. The summed E-state index contributed by atoms with van der Waals surface area (Å²) in [5.41, 5.74) is 6.17. The van der Waals surface area contributed by atoms with Crippen LogP contribution in [0.4, 0.5) is 24.5 Å². The number of amides is 1. The van der Waals surface area contributed by atoms with E-state index in [-0.39, 0.29) is 6.54 Å². The van der Waals surface area contributed by atoms with E-state index in [0.717, 1.165) is 4.90 Å². The molecular formula is C12H14F3N3O. The Balaban J connectivity index is 2.46. The van der Waals surface area contributed by atoms with Gasteiger partial charge in [-0.1, -0.05) is 12.1 Å². The molecule has 0 fully saturated rings. The molecule has 1 aliphatic heterocycles. The maximum Gasteiger partial charge on any atom is 0.410 e. The smallest absolute Gasteiger partial charge is 0.347 e. The number of fused-ring (bicyclic) bond motifs is 1. The van der Waals surface area contributed by atoms with Crippen LogP contribution < -0.4 is 16.0 Å². The highest BCUT2D eigenvalue weighted by Gasteiger charge is 2.47. The van der Waals surface area contributed by atoms with Gasteiger partial charge >= 0.3 is 6.18 Å². The van der Waals surface area contributed by atoms with Crippen molar-refractivity contribution in [1.29, 1.82) is 0 Å². The van der Waals surface area contributed by atoms with Gasteiger partial charge in [0.15, 0.2) is 0 Å². The second-order valence-corrected chi connectivity index (χ2v) is 4.54. The molecular weight excluding hydrogens is 259 g/mol. The summed E-state index contributed by atoms with van der Waals surface area (Å²) < 4.78 is 39.4. The third-order valence-electron chi connectivity index (χ3n) is 2.97. The standard InChI is InChI=1S/C12H14F3N3O/c1-7(16)11(12(13,14)15)18-6-10(19)17-8-4-2-3-5-9(8)18/h2-5,7,11H,6,16H2,1H3,(H,17,19). The maximum absolute atomic E-state index is 13.1. The van der Waals surface area contributed by atoms with Crippen LogP contribution in [-0.4, -0.2) is 30.7 Å². The molecule has 19 heavy (non-hydrogen) atoms. The first-order chi connectivity index (χ1) is 8.80. The quantitative estimate of drug-likeness (QED) is 0.862. The van der Waals surface area contributed by atoms with E-state index in [1.807, 2.05) is 0 Å². The topological polar surface area (TPSA) is 58.4 Å². The summed E-state index contributed by atoms with van der Waals surface area (Å²) >= 11 is 0. The number of anilines is 2. The summed E-state index contributed by atoms with van der Waals surface area (Å²) in [6.45, 7) is 0.927. The van der Waals surface area contributed by atoms with Gasteiger partial charge in [0.05, 0.1) is 17.9 Å². The number of halogens is 3. The van der Waals surface area contributed by atoms with E-state index >= 15 is 0 Å². The molecule has 0 aliphatic carbocycles. The summed E-state index contributed by atoms with van der Waals surface area (Å²) in [5, 5.41) is 2.55. The molecule has 4 nitrogen and oxygen atoms in total. The number of hydrogen-bond acceptors (Lipinski definition) is 3. The predicted octanol–water partition coefficient (Wildman–Crippen LogP) is 1.72. The van der Waals surface area contributed by atoms with E-state index in [2.05, 4.69) is 5.32 Å².